The first-order valence-electron chi connectivity index (χ1n) is 5.08. The minimum atomic E-state index is -0.409. The molecule has 6 nitrogen and oxygen atoms in total. The highest BCUT2D eigenvalue weighted by atomic mass is 32.1. The molecule has 0 aromatic carbocycles. The SMILES string of the molecule is CCOC(=O)c1sc(NC(=O)N(C)C)nc1C. The van der Waals surface area contributed by atoms with E-state index in [0.717, 1.165) is 11.3 Å². The summed E-state index contributed by atoms with van der Waals surface area (Å²) in [6.07, 6.45) is 0. The molecule has 0 unspecified atom stereocenters. The van der Waals surface area contributed by atoms with Crippen molar-refractivity contribution in [1.29, 1.82) is 0 Å². The average molecular weight is 257 g/mol. The number of aromatic nitrogens is 1. The number of anilines is 1. The fraction of sp³-hybridized carbons (Fsp3) is 0.500. The Balaban J connectivity index is 2.81. The van der Waals surface area contributed by atoms with Crippen molar-refractivity contribution in [2.75, 3.05) is 26.0 Å². The molecule has 0 aliphatic carbocycles. The van der Waals surface area contributed by atoms with E-state index in [9.17, 15) is 9.59 Å². The molecule has 94 valence electrons. The summed E-state index contributed by atoms with van der Waals surface area (Å²) in [5, 5.41) is 2.98. The van der Waals surface area contributed by atoms with Gasteiger partial charge in [0.1, 0.15) is 4.88 Å². The van der Waals surface area contributed by atoms with Crippen LogP contribution in [0, 0.1) is 6.92 Å². The van der Waals surface area contributed by atoms with Gasteiger partial charge in [0.2, 0.25) is 0 Å². The van der Waals surface area contributed by atoms with Gasteiger partial charge in [-0.2, -0.15) is 0 Å². The quantitative estimate of drug-likeness (QED) is 0.837. The van der Waals surface area contributed by atoms with Crippen LogP contribution in [0.15, 0.2) is 0 Å². The van der Waals surface area contributed by atoms with Gasteiger partial charge in [0.15, 0.2) is 5.13 Å². The lowest BCUT2D eigenvalue weighted by atomic mass is 10.4. The van der Waals surface area contributed by atoms with Crippen LogP contribution in [0.5, 0.6) is 0 Å². The number of thiazole rings is 1. The second-order valence-electron chi connectivity index (χ2n) is 3.48. The van der Waals surface area contributed by atoms with E-state index in [4.69, 9.17) is 4.74 Å². The van der Waals surface area contributed by atoms with E-state index in [0.29, 0.717) is 22.3 Å². The number of nitrogens with one attached hydrogen (secondary N) is 1. The molecule has 1 aromatic rings. The van der Waals surface area contributed by atoms with Crippen LogP contribution >= 0.6 is 11.3 Å². The van der Waals surface area contributed by atoms with E-state index in [1.165, 1.54) is 4.90 Å². The average Bonchev–Trinajstić information content (AvgIpc) is 2.59. The standard InChI is InChI=1S/C10H15N3O3S/c1-5-16-8(14)7-6(2)11-9(17-7)12-10(15)13(3)4/h5H2,1-4H3,(H,11,12,15). The monoisotopic (exact) mass is 257 g/mol. The Morgan fingerprint density at radius 3 is 2.65 bits per heavy atom. The smallest absolute Gasteiger partial charge is 0.350 e. The van der Waals surface area contributed by atoms with Crippen molar-refractivity contribution in [3.05, 3.63) is 10.6 Å². The summed E-state index contributed by atoms with van der Waals surface area (Å²) in [6, 6.07) is -0.283. The fourth-order valence-corrected chi connectivity index (χ4v) is 1.89. The normalized spacial score (nSPS) is 9.88. The van der Waals surface area contributed by atoms with Crippen LogP contribution in [-0.2, 0) is 4.74 Å². The highest BCUT2D eigenvalue weighted by molar-refractivity contribution is 7.17. The first-order chi connectivity index (χ1) is 7.95. The molecule has 0 radical (unpaired) electrons. The summed E-state index contributed by atoms with van der Waals surface area (Å²) in [6.45, 7) is 3.76. The first-order valence-corrected chi connectivity index (χ1v) is 5.90. The van der Waals surface area contributed by atoms with E-state index in [2.05, 4.69) is 10.3 Å². The van der Waals surface area contributed by atoms with Crippen LogP contribution in [-0.4, -0.2) is 42.6 Å². The fourth-order valence-electron chi connectivity index (χ4n) is 1.04. The Bertz CT molecular complexity index is 428. The Labute approximate surface area is 104 Å². The van der Waals surface area contributed by atoms with Crippen molar-refractivity contribution in [2.24, 2.45) is 0 Å². The number of aryl methyl sites for hydroxylation is 1. The largest absolute Gasteiger partial charge is 0.462 e. The third-order valence-electron chi connectivity index (χ3n) is 1.88. The third-order valence-corrected chi connectivity index (χ3v) is 2.93. The lowest BCUT2D eigenvalue weighted by Crippen LogP contribution is -2.27. The molecule has 7 heteroatoms. The van der Waals surface area contributed by atoms with Crippen LogP contribution < -0.4 is 5.32 Å². The van der Waals surface area contributed by atoms with Gasteiger partial charge in [-0.15, -0.1) is 0 Å². The Morgan fingerprint density at radius 2 is 2.12 bits per heavy atom. The zero-order valence-corrected chi connectivity index (χ0v) is 11.1. The topological polar surface area (TPSA) is 71.5 Å². The summed E-state index contributed by atoms with van der Waals surface area (Å²) >= 11 is 1.11. The Hall–Kier alpha value is -1.63. The molecule has 1 aromatic heterocycles. The molecule has 0 bridgehead atoms. The zero-order valence-electron chi connectivity index (χ0n) is 10.2. The number of esters is 1. The number of ether oxygens (including phenoxy) is 1. The van der Waals surface area contributed by atoms with Gasteiger partial charge < -0.3 is 9.64 Å². The molecular formula is C10H15N3O3S. The van der Waals surface area contributed by atoms with Gasteiger partial charge in [-0.25, -0.2) is 14.6 Å². The summed E-state index contributed by atoms with van der Waals surface area (Å²) < 4.78 is 4.88. The van der Waals surface area contributed by atoms with E-state index in [1.54, 1.807) is 27.9 Å². The molecule has 1 heterocycles. The summed E-state index contributed by atoms with van der Waals surface area (Å²) in [4.78, 5) is 28.8. The molecule has 0 fully saturated rings. The Morgan fingerprint density at radius 1 is 1.47 bits per heavy atom. The second kappa shape index (κ2) is 5.62. The van der Waals surface area contributed by atoms with Crippen molar-refractivity contribution < 1.29 is 14.3 Å². The van der Waals surface area contributed by atoms with Gasteiger partial charge in [0.25, 0.3) is 0 Å². The van der Waals surface area contributed by atoms with E-state index in [-0.39, 0.29) is 6.03 Å². The van der Waals surface area contributed by atoms with Crippen LogP contribution in [0.4, 0.5) is 9.93 Å². The van der Waals surface area contributed by atoms with Gasteiger partial charge in [-0.1, -0.05) is 11.3 Å². The number of rotatable bonds is 3. The lowest BCUT2D eigenvalue weighted by Gasteiger charge is -2.09. The predicted octanol–water partition coefficient (Wildman–Crippen LogP) is 1.72. The number of hydrogen-bond acceptors (Lipinski definition) is 5. The van der Waals surface area contributed by atoms with Crippen molar-refractivity contribution >= 4 is 28.5 Å². The van der Waals surface area contributed by atoms with Crippen molar-refractivity contribution in [3.63, 3.8) is 0 Å². The molecule has 0 saturated heterocycles. The van der Waals surface area contributed by atoms with Crippen LogP contribution in [0.3, 0.4) is 0 Å². The van der Waals surface area contributed by atoms with Gasteiger partial charge >= 0.3 is 12.0 Å². The molecule has 1 rings (SSSR count). The summed E-state index contributed by atoms with van der Waals surface area (Å²) in [5.74, 6) is -0.409. The molecule has 17 heavy (non-hydrogen) atoms. The highest BCUT2D eigenvalue weighted by Crippen LogP contribution is 2.23. The number of carbonyl (C=O) groups excluding carboxylic acids is 2. The number of nitrogens with zero attached hydrogens (tertiary/aromatic N) is 2. The van der Waals surface area contributed by atoms with Crippen LogP contribution in [0.2, 0.25) is 0 Å². The highest BCUT2D eigenvalue weighted by Gasteiger charge is 2.17. The van der Waals surface area contributed by atoms with Gasteiger partial charge in [0.05, 0.1) is 12.3 Å². The van der Waals surface area contributed by atoms with E-state index in [1.807, 2.05) is 0 Å². The van der Waals surface area contributed by atoms with Crippen molar-refractivity contribution in [3.8, 4) is 0 Å². The maximum Gasteiger partial charge on any atom is 0.350 e. The molecular weight excluding hydrogens is 242 g/mol. The number of amides is 2. The van der Waals surface area contributed by atoms with Crippen molar-refractivity contribution in [2.45, 2.75) is 13.8 Å². The van der Waals surface area contributed by atoms with Gasteiger partial charge in [0, 0.05) is 14.1 Å². The molecule has 0 atom stereocenters. The molecule has 0 saturated carbocycles. The maximum atomic E-state index is 11.5. The third kappa shape index (κ3) is 3.42. The number of urea groups is 1. The Kier molecular flexibility index (Phi) is 4.45. The van der Waals surface area contributed by atoms with E-state index < -0.39 is 5.97 Å². The lowest BCUT2D eigenvalue weighted by molar-refractivity contribution is 0.0531. The molecule has 0 spiro atoms. The van der Waals surface area contributed by atoms with Gasteiger partial charge in [-0.3, -0.25) is 5.32 Å². The van der Waals surface area contributed by atoms with Crippen LogP contribution in [0.1, 0.15) is 22.3 Å². The number of carbonyl (C=O) groups is 2. The predicted molar refractivity (Wildman–Crippen MR) is 65.5 cm³/mol. The van der Waals surface area contributed by atoms with Gasteiger partial charge in [-0.05, 0) is 13.8 Å². The first kappa shape index (κ1) is 13.4. The molecule has 1 N–H and O–H groups in total. The molecule has 0 aliphatic heterocycles. The molecule has 2 amide bonds. The minimum Gasteiger partial charge on any atom is -0.462 e. The zero-order chi connectivity index (χ0) is 13.0. The minimum absolute atomic E-state index is 0.283. The number of hydrogen-bond donors (Lipinski definition) is 1. The maximum absolute atomic E-state index is 11.5. The van der Waals surface area contributed by atoms with Crippen LogP contribution in [0.25, 0.3) is 0 Å². The van der Waals surface area contributed by atoms with Crippen molar-refractivity contribution in [1.82, 2.24) is 9.88 Å². The van der Waals surface area contributed by atoms with E-state index >= 15 is 0 Å². The molecule has 0 aliphatic rings. The summed E-state index contributed by atoms with van der Waals surface area (Å²) in [7, 11) is 3.25. The summed E-state index contributed by atoms with van der Waals surface area (Å²) in [5.41, 5.74) is 0.558. The second-order valence-corrected chi connectivity index (χ2v) is 4.48.